The van der Waals surface area contributed by atoms with Crippen LogP contribution in [0.15, 0.2) is 65.6 Å². The van der Waals surface area contributed by atoms with E-state index < -0.39 is 0 Å². The molecular formula is C26H38N2S. The van der Waals surface area contributed by atoms with Crippen LogP contribution in [0.1, 0.15) is 51.0 Å². The molecule has 1 fully saturated rings. The Morgan fingerprint density at radius 2 is 1.52 bits per heavy atom. The molecular weight excluding hydrogens is 372 g/mol. The van der Waals surface area contributed by atoms with Gasteiger partial charge in [-0.05, 0) is 62.2 Å². The van der Waals surface area contributed by atoms with Crippen molar-refractivity contribution in [2.45, 2.75) is 62.9 Å². The highest BCUT2D eigenvalue weighted by atomic mass is 32.2. The molecule has 1 saturated carbocycles. The zero-order valence-corrected chi connectivity index (χ0v) is 19.0. The summed E-state index contributed by atoms with van der Waals surface area (Å²) < 4.78 is 0. The Bertz CT molecular complexity index is 655. The number of nitrogens with zero attached hydrogens (tertiary/aromatic N) is 2. The molecule has 0 radical (unpaired) electrons. The lowest BCUT2D eigenvalue weighted by atomic mass is 10.2. The van der Waals surface area contributed by atoms with Gasteiger partial charge in [-0.2, -0.15) is 0 Å². The quantitative estimate of drug-likeness (QED) is 0.281. The van der Waals surface area contributed by atoms with Crippen LogP contribution in [0.5, 0.6) is 0 Å². The van der Waals surface area contributed by atoms with Crippen LogP contribution in [0.25, 0.3) is 0 Å². The summed E-state index contributed by atoms with van der Waals surface area (Å²) in [4.78, 5) is 6.85. The summed E-state index contributed by atoms with van der Waals surface area (Å²) in [7, 11) is 0. The Hall–Kier alpha value is -1.29. The van der Waals surface area contributed by atoms with Gasteiger partial charge in [0.25, 0.3) is 0 Å². The molecule has 3 heteroatoms. The molecule has 0 bridgehead atoms. The monoisotopic (exact) mass is 410 g/mol. The van der Waals surface area contributed by atoms with E-state index in [1.807, 2.05) is 11.8 Å². The van der Waals surface area contributed by atoms with E-state index in [0.29, 0.717) is 0 Å². The van der Waals surface area contributed by atoms with E-state index in [4.69, 9.17) is 0 Å². The summed E-state index contributed by atoms with van der Waals surface area (Å²) in [6.45, 7) is 8.23. The summed E-state index contributed by atoms with van der Waals surface area (Å²) in [5.74, 6) is 1.19. The van der Waals surface area contributed by atoms with Crippen LogP contribution in [-0.2, 0) is 6.54 Å². The van der Waals surface area contributed by atoms with Gasteiger partial charge in [-0.1, -0.05) is 68.3 Å². The molecule has 0 heterocycles. The van der Waals surface area contributed by atoms with Crippen LogP contribution in [-0.4, -0.2) is 47.8 Å². The lowest BCUT2D eigenvalue weighted by Gasteiger charge is -2.31. The van der Waals surface area contributed by atoms with Gasteiger partial charge >= 0.3 is 0 Å². The minimum absolute atomic E-state index is 0.835. The Kier molecular flexibility index (Phi) is 10.1. The Morgan fingerprint density at radius 3 is 2.21 bits per heavy atom. The lowest BCUT2D eigenvalue weighted by Crippen LogP contribution is -2.40. The number of rotatable bonds is 13. The molecule has 0 spiro atoms. The first kappa shape index (κ1) is 22.4. The third-order valence-electron chi connectivity index (χ3n) is 5.93. The number of hydrogen-bond donors (Lipinski definition) is 0. The minimum atomic E-state index is 0.835. The molecule has 0 unspecified atom stereocenters. The molecule has 0 saturated heterocycles. The van der Waals surface area contributed by atoms with Crippen LogP contribution >= 0.6 is 11.8 Å². The molecule has 0 atom stereocenters. The average molecular weight is 411 g/mol. The van der Waals surface area contributed by atoms with Gasteiger partial charge in [0, 0.05) is 30.6 Å². The molecule has 1 aliphatic carbocycles. The molecule has 2 aromatic carbocycles. The van der Waals surface area contributed by atoms with Gasteiger partial charge in [0.1, 0.15) is 0 Å². The second-order valence-corrected chi connectivity index (χ2v) is 9.42. The third-order valence-corrected chi connectivity index (χ3v) is 7.03. The van der Waals surface area contributed by atoms with Crippen molar-refractivity contribution in [1.82, 2.24) is 9.80 Å². The molecule has 29 heavy (non-hydrogen) atoms. The van der Waals surface area contributed by atoms with E-state index in [1.54, 1.807) is 0 Å². The number of thioether (sulfide) groups is 1. The van der Waals surface area contributed by atoms with Crippen LogP contribution in [0.2, 0.25) is 0 Å². The first-order valence-corrected chi connectivity index (χ1v) is 12.5. The fraction of sp³-hybridized carbons (Fsp3) is 0.538. The zero-order valence-electron chi connectivity index (χ0n) is 18.1. The van der Waals surface area contributed by atoms with Gasteiger partial charge < -0.3 is 0 Å². The Morgan fingerprint density at radius 1 is 0.828 bits per heavy atom. The van der Waals surface area contributed by atoms with Crippen LogP contribution in [0.3, 0.4) is 0 Å². The Labute approximate surface area is 182 Å². The molecule has 0 aromatic heterocycles. The van der Waals surface area contributed by atoms with Gasteiger partial charge in [0.05, 0.1) is 0 Å². The lowest BCUT2D eigenvalue weighted by molar-refractivity contribution is 0.158. The van der Waals surface area contributed by atoms with E-state index >= 15 is 0 Å². The second kappa shape index (κ2) is 13.1. The van der Waals surface area contributed by atoms with E-state index in [9.17, 15) is 0 Å². The maximum Gasteiger partial charge on any atom is 0.0234 e. The van der Waals surface area contributed by atoms with Crippen LogP contribution in [0, 0.1) is 0 Å². The summed E-state index contributed by atoms with van der Waals surface area (Å²) in [6, 6.07) is 22.6. The third kappa shape index (κ3) is 8.16. The SMILES string of the molecule is CCCN(CCN(CCCSc1ccccc1)Cc1ccccc1)C1CCCC1. The van der Waals surface area contributed by atoms with Crippen LogP contribution < -0.4 is 0 Å². The van der Waals surface area contributed by atoms with Crippen molar-refractivity contribution in [3.63, 3.8) is 0 Å². The summed E-state index contributed by atoms with van der Waals surface area (Å²) in [5.41, 5.74) is 1.44. The van der Waals surface area contributed by atoms with E-state index in [0.717, 1.165) is 12.6 Å². The van der Waals surface area contributed by atoms with Crippen molar-refractivity contribution >= 4 is 11.8 Å². The maximum absolute atomic E-state index is 2.78. The first-order chi connectivity index (χ1) is 14.3. The molecule has 0 amide bonds. The minimum Gasteiger partial charge on any atom is -0.299 e. The van der Waals surface area contributed by atoms with Gasteiger partial charge in [-0.15, -0.1) is 11.8 Å². The second-order valence-electron chi connectivity index (χ2n) is 8.25. The van der Waals surface area contributed by atoms with E-state index in [1.165, 1.54) is 80.9 Å². The van der Waals surface area contributed by atoms with Crippen molar-refractivity contribution in [1.29, 1.82) is 0 Å². The molecule has 158 valence electrons. The van der Waals surface area contributed by atoms with E-state index in [2.05, 4.69) is 77.4 Å². The van der Waals surface area contributed by atoms with E-state index in [-0.39, 0.29) is 0 Å². The molecule has 2 aromatic rings. The predicted octanol–water partition coefficient (Wildman–Crippen LogP) is 6.33. The summed E-state index contributed by atoms with van der Waals surface area (Å²) in [6.07, 6.45) is 8.18. The number of hydrogen-bond acceptors (Lipinski definition) is 3. The highest BCUT2D eigenvalue weighted by Gasteiger charge is 2.22. The van der Waals surface area contributed by atoms with Gasteiger partial charge in [0.2, 0.25) is 0 Å². The van der Waals surface area contributed by atoms with Crippen molar-refractivity contribution in [2.75, 3.05) is 31.9 Å². The van der Waals surface area contributed by atoms with Crippen LogP contribution in [0.4, 0.5) is 0 Å². The fourth-order valence-corrected chi connectivity index (χ4v) is 5.27. The summed E-state index contributed by atoms with van der Waals surface area (Å²) in [5, 5.41) is 0. The largest absolute Gasteiger partial charge is 0.299 e. The summed E-state index contributed by atoms with van der Waals surface area (Å²) >= 11 is 1.98. The van der Waals surface area contributed by atoms with Crippen molar-refractivity contribution < 1.29 is 0 Å². The first-order valence-electron chi connectivity index (χ1n) is 11.5. The highest BCUT2D eigenvalue weighted by Crippen LogP contribution is 2.24. The Balaban J connectivity index is 1.50. The number of benzene rings is 2. The molecule has 3 rings (SSSR count). The topological polar surface area (TPSA) is 6.48 Å². The van der Waals surface area contributed by atoms with Gasteiger partial charge in [0.15, 0.2) is 0 Å². The standard InChI is InChI=1S/C26H38N2S/c1-2-18-28(25-14-9-10-15-25)21-20-27(23-24-12-5-3-6-13-24)19-11-22-29-26-16-7-4-8-17-26/h3-8,12-13,16-17,25H,2,9-11,14-15,18-23H2,1H3. The van der Waals surface area contributed by atoms with Crippen molar-refractivity contribution in [2.24, 2.45) is 0 Å². The molecule has 1 aliphatic rings. The maximum atomic E-state index is 2.78. The van der Waals surface area contributed by atoms with Crippen molar-refractivity contribution in [3.05, 3.63) is 66.2 Å². The molecule has 0 aliphatic heterocycles. The highest BCUT2D eigenvalue weighted by molar-refractivity contribution is 7.99. The average Bonchev–Trinajstić information content (AvgIpc) is 3.30. The fourth-order valence-electron chi connectivity index (χ4n) is 4.41. The molecule has 0 N–H and O–H groups in total. The predicted molar refractivity (Wildman–Crippen MR) is 128 cm³/mol. The molecule has 2 nitrogen and oxygen atoms in total. The smallest absolute Gasteiger partial charge is 0.0234 e. The zero-order chi connectivity index (χ0) is 20.2. The normalized spacial score (nSPS) is 14.9. The van der Waals surface area contributed by atoms with Gasteiger partial charge in [-0.25, -0.2) is 0 Å². The van der Waals surface area contributed by atoms with Crippen molar-refractivity contribution in [3.8, 4) is 0 Å². The van der Waals surface area contributed by atoms with Gasteiger partial charge in [-0.3, -0.25) is 9.80 Å².